The van der Waals surface area contributed by atoms with E-state index < -0.39 is 12.0 Å². The van der Waals surface area contributed by atoms with Gasteiger partial charge >= 0.3 is 5.97 Å². The molecule has 2 aromatic carbocycles. The molecule has 0 radical (unpaired) electrons. The fourth-order valence-corrected chi connectivity index (χ4v) is 3.16. The van der Waals surface area contributed by atoms with Gasteiger partial charge in [-0.25, -0.2) is 0 Å². The summed E-state index contributed by atoms with van der Waals surface area (Å²) >= 11 is 0. The Hall–Kier alpha value is -2.90. The summed E-state index contributed by atoms with van der Waals surface area (Å²) < 4.78 is 5.75. The summed E-state index contributed by atoms with van der Waals surface area (Å²) in [6.45, 7) is 4.88. The summed E-state index contributed by atoms with van der Waals surface area (Å²) in [5, 5.41) is 15.3. The molecule has 0 saturated carbocycles. The minimum atomic E-state index is -0.818. The predicted octanol–water partition coefficient (Wildman–Crippen LogP) is 3.97. The van der Waals surface area contributed by atoms with Crippen LogP contribution in [0.2, 0.25) is 0 Å². The highest BCUT2D eigenvalue weighted by molar-refractivity contribution is 5.92. The molecule has 2 rings (SSSR count). The van der Waals surface area contributed by atoms with Crippen LogP contribution in [0, 0.1) is 0 Å². The molecule has 2 unspecified atom stereocenters. The number of carbonyl (C=O) groups excluding carboxylic acids is 1. The number of para-hydroxylation sites is 1. The number of anilines is 1. The number of hydrogen-bond acceptors (Lipinski definition) is 5. The zero-order valence-electron chi connectivity index (χ0n) is 18.5. The van der Waals surface area contributed by atoms with Gasteiger partial charge in [-0.2, -0.15) is 0 Å². The van der Waals surface area contributed by atoms with Crippen LogP contribution in [0.5, 0.6) is 11.5 Å². The molecule has 0 aliphatic heterocycles. The van der Waals surface area contributed by atoms with E-state index in [1.807, 2.05) is 80.4 Å². The monoisotopic (exact) mass is 427 g/mol. The second-order valence-electron chi connectivity index (χ2n) is 7.76. The predicted molar refractivity (Wildman–Crippen MR) is 123 cm³/mol. The van der Waals surface area contributed by atoms with Crippen molar-refractivity contribution in [1.29, 1.82) is 0 Å². The van der Waals surface area contributed by atoms with E-state index in [1.165, 1.54) is 0 Å². The smallest absolute Gasteiger partial charge is 0.320 e. The fourth-order valence-electron chi connectivity index (χ4n) is 3.16. The van der Waals surface area contributed by atoms with Gasteiger partial charge in [0.2, 0.25) is 5.91 Å². The van der Waals surface area contributed by atoms with Crippen LogP contribution in [0.1, 0.15) is 33.1 Å². The van der Waals surface area contributed by atoms with Gasteiger partial charge in [0, 0.05) is 11.7 Å². The van der Waals surface area contributed by atoms with Crippen LogP contribution in [0.3, 0.4) is 0 Å². The van der Waals surface area contributed by atoms with Gasteiger partial charge in [-0.3, -0.25) is 14.5 Å². The SMILES string of the molecule is CCCC(NC(C)CCN(C)CC(=O)Nc1ccc(Oc2ccccc2)cc1)C(=O)O. The van der Waals surface area contributed by atoms with E-state index in [1.54, 1.807) is 0 Å². The Morgan fingerprint density at radius 1 is 1.03 bits per heavy atom. The lowest BCUT2D eigenvalue weighted by molar-refractivity contribution is -0.139. The standard InChI is InChI=1S/C24H33N3O4/c1-4-8-22(24(29)30)25-18(2)15-16-27(3)17-23(28)26-19-11-13-21(14-12-19)31-20-9-6-5-7-10-20/h5-7,9-14,18,22,25H,4,8,15-17H2,1-3H3,(H,26,28)(H,29,30). The highest BCUT2D eigenvalue weighted by atomic mass is 16.5. The number of hydrogen-bond donors (Lipinski definition) is 3. The summed E-state index contributed by atoms with van der Waals surface area (Å²) in [7, 11) is 1.88. The van der Waals surface area contributed by atoms with Gasteiger partial charge in [0.1, 0.15) is 17.5 Å². The number of amides is 1. The Bertz CT molecular complexity index is 811. The topological polar surface area (TPSA) is 90.9 Å². The van der Waals surface area contributed by atoms with Gasteiger partial charge in [-0.1, -0.05) is 31.5 Å². The largest absolute Gasteiger partial charge is 0.480 e. The zero-order chi connectivity index (χ0) is 22.6. The van der Waals surface area contributed by atoms with Crippen molar-refractivity contribution in [1.82, 2.24) is 10.2 Å². The molecule has 0 aliphatic rings. The van der Waals surface area contributed by atoms with Gasteiger partial charge in [-0.15, -0.1) is 0 Å². The summed E-state index contributed by atoms with van der Waals surface area (Å²) in [4.78, 5) is 25.5. The van der Waals surface area contributed by atoms with E-state index in [0.717, 1.165) is 18.6 Å². The molecule has 0 spiro atoms. The minimum Gasteiger partial charge on any atom is -0.480 e. The van der Waals surface area contributed by atoms with E-state index in [9.17, 15) is 14.7 Å². The molecule has 1 amide bonds. The molecule has 168 valence electrons. The Morgan fingerprint density at radius 2 is 1.68 bits per heavy atom. The van der Waals surface area contributed by atoms with Crippen molar-refractivity contribution in [2.75, 3.05) is 25.5 Å². The number of ether oxygens (including phenoxy) is 1. The zero-order valence-corrected chi connectivity index (χ0v) is 18.5. The average molecular weight is 428 g/mol. The van der Waals surface area contributed by atoms with E-state index in [4.69, 9.17) is 4.74 Å². The number of carboxylic acids is 1. The Kier molecular flexibility index (Phi) is 10.00. The van der Waals surface area contributed by atoms with Crippen LogP contribution in [0.15, 0.2) is 54.6 Å². The first-order chi connectivity index (χ1) is 14.9. The third-order valence-electron chi connectivity index (χ3n) is 4.84. The van der Waals surface area contributed by atoms with Crippen LogP contribution >= 0.6 is 0 Å². The maximum atomic E-state index is 12.3. The van der Waals surface area contributed by atoms with Crippen molar-refractivity contribution < 1.29 is 19.4 Å². The minimum absolute atomic E-state index is 0.0512. The van der Waals surface area contributed by atoms with E-state index in [-0.39, 0.29) is 18.5 Å². The molecule has 3 N–H and O–H groups in total. The molecule has 31 heavy (non-hydrogen) atoms. The van der Waals surface area contributed by atoms with Crippen molar-refractivity contribution >= 4 is 17.6 Å². The molecule has 0 aliphatic carbocycles. The normalized spacial score (nSPS) is 12.9. The van der Waals surface area contributed by atoms with Gasteiger partial charge in [0.15, 0.2) is 0 Å². The first-order valence-corrected chi connectivity index (χ1v) is 10.7. The van der Waals surface area contributed by atoms with E-state index in [0.29, 0.717) is 24.4 Å². The summed E-state index contributed by atoms with van der Waals surface area (Å²) in [5.74, 6) is 0.537. The van der Waals surface area contributed by atoms with Crippen molar-refractivity contribution in [2.45, 2.75) is 45.2 Å². The molecular weight excluding hydrogens is 394 g/mol. The first kappa shape index (κ1) is 24.4. The molecule has 0 bridgehead atoms. The highest BCUT2D eigenvalue weighted by Crippen LogP contribution is 2.22. The number of likely N-dealkylation sites (N-methyl/N-ethyl adjacent to an activating group) is 1. The van der Waals surface area contributed by atoms with E-state index in [2.05, 4.69) is 10.6 Å². The summed E-state index contributed by atoms with van der Waals surface area (Å²) in [5.41, 5.74) is 0.706. The average Bonchev–Trinajstić information content (AvgIpc) is 2.74. The Balaban J connectivity index is 1.73. The molecule has 0 fully saturated rings. The number of carbonyl (C=O) groups is 2. The van der Waals surface area contributed by atoms with Gasteiger partial charge in [-0.05, 0) is 69.8 Å². The second-order valence-corrected chi connectivity index (χ2v) is 7.76. The number of rotatable bonds is 13. The lowest BCUT2D eigenvalue weighted by Gasteiger charge is -2.22. The van der Waals surface area contributed by atoms with E-state index >= 15 is 0 Å². The summed E-state index contributed by atoms with van der Waals surface area (Å²) in [6, 6.07) is 16.3. The van der Waals surface area contributed by atoms with Crippen molar-refractivity contribution in [2.24, 2.45) is 0 Å². The maximum absolute atomic E-state index is 12.3. The molecule has 7 heteroatoms. The number of carboxylic acid groups (broad SMARTS) is 1. The van der Waals surface area contributed by atoms with Crippen LogP contribution < -0.4 is 15.4 Å². The third kappa shape index (κ3) is 9.19. The lowest BCUT2D eigenvalue weighted by atomic mass is 10.1. The second kappa shape index (κ2) is 12.7. The molecular formula is C24H33N3O4. The Labute approximate surface area is 184 Å². The van der Waals surface area contributed by atoms with Crippen LogP contribution in [0.25, 0.3) is 0 Å². The third-order valence-corrected chi connectivity index (χ3v) is 4.84. The van der Waals surface area contributed by atoms with Crippen LogP contribution in [-0.2, 0) is 9.59 Å². The molecule has 0 saturated heterocycles. The van der Waals surface area contributed by atoms with Gasteiger partial charge in [0.25, 0.3) is 0 Å². The molecule has 2 atom stereocenters. The quantitative estimate of drug-likeness (QED) is 0.448. The van der Waals surface area contributed by atoms with Gasteiger partial charge < -0.3 is 20.5 Å². The van der Waals surface area contributed by atoms with Crippen molar-refractivity contribution in [3.63, 3.8) is 0 Å². The fraction of sp³-hybridized carbons (Fsp3) is 0.417. The molecule has 0 heterocycles. The maximum Gasteiger partial charge on any atom is 0.320 e. The van der Waals surface area contributed by atoms with Gasteiger partial charge in [0.05, 0.1) is 6.54 Å². The molecule has 2 aromatic rings. The summed E-state index contributed by atoms with van der Waals surface area (Å²) in [6.07, 6.45) is 2.17. The lowest BCUT2D eigenvalue weighted by Crippen LogP contribution is -2.43. The Morgan fingerprint density at radius 3 is 2.29 bits per heavy atom. The highest BCUT2D eigenvalue weighted by Gasteiger charge is 2.18. The molecule has 7 nitrogen and oxygen atoms in total. The number of nitrogens with zero attached hydrogens (tertiary/aromatic N) is 1. The number of benzene rings is 2. The van der Waals surface area contributed by atoms with Crippen molar-refractivity contribution in [3.8, 4) is 11.5 Å². The van der Waals surface area contributed by atoms with Crippen LogP contribution in [0.4, 0.5) is 5.69 Å². The van der Waals surface area contributed by atoms with Crippen LogP contribution in [-0.4, -0.2) is 54.1 Å². The van der Waals surface area contributed by atoms with Crippen molar-refractivity contribution in [3.05, 3.63) is 54.6 Å². The first-order valence-electron chi connectivity index (χ1n) is 10.7. The molecule has 0 aromatic heterocycles. The number of nitrogens with one attached hydrogen (secondary N) is 2. The number of aliphatic carboxylic acids is 1.